The minimum atomic E-state index is -3.51. The molecule has 0 N–H and O–H groups in total. The first-order valence-electron chi connectivity index (χ1n) is 4.65. The van der Waals surface area contributed by atoms with Gasteiger partial charge in [-0.2, -0.15) is 8.42 Å². The lowest BCUT2D eigenvalue weighted by Crippen LogP contribution is -2.14. The maximum atomic E-state index is 10.9. The quantitative estimate of drug-likeness (QED) is 0.784. The average Bonchev–Trinajstić information content (AvgIpc) is 2.19. The molecule has 1 aromatic rings. The fourth-order valence-corrected chi connectivity index (χ4v) is 2.13. The zero-order valence-corrected chi connectivity index (χ0v) is 11.6. The summed E-state index contributed by atoms with van der Waals surface area (Å²) in [5, 5.41) is 0.902. The molecule has 17 heavy (non-hydrogen) atoms. The van der Waals surface area contributed by atoms with Gasteiger partial charge in [-0.25, -0.2) is 0 Å². The molecule has 7 heteroatoms. The van der Waals surface area contributed by atoms with Crippen LogP contribution in [-0.2, 0) is 19.0 Å². The van der Waals surface area contributed by atoms with Crippen molar-refractivity contribution < 1.29 is 17.3 Å². The smallest absolute Gasteiger partial charge is 0.264 e. The zero-order valence-electron chi connectivity index (χ0n) is 9.31. The normalized spacial score (nSPS) is 13.6. The van der Waals surface area contributed by atoms with E-state index < -0.39 is 16.2 Å². The molecule has 0 saturated heterocycles. The maximum absolute atomic E-state index is 10.9. The number of hydrogen-bond donors (Lipinski definition) is 0. The van der Waals surface area contributed by atoms with Gasteiger partial charge in [0.2, 0.25) is 0 Å². The van der Waals surface area contributed by atoms with Gasteiger partial charge in [-0.3, -0.25) is 4.18 Å². The molecule has 0 heterocycles. The summed E-state index contributed by atoms with van der Waals surface area (Å²) in [6, 6.07) is 4.88. The van der Waals surface area contributed by atoms with Crippen LogP contribution in [-0.4, -0.2) is 28.4 Å². The van der Waals surface area contributed by atoms with Gasteiger partial charge in [-0.05, 0) is 12.1 Å². The second-order valence-electron chi connectivity index (χ2n) is 3.38. The summed E-state index contributed by atoms with van der Waals surface area (Å²) < 4.78 is 31.6. The van der Waals surface area contributed by atoms with Crippen molar-refractivity contribution in [1.82, 2.24) is 0 Å². The van der Waals surface area contributed by atoms with E-state index in [0.717, 1.165) is 6.26 Å². The van der Waals surface area contributed by atoms with E-state index in [0.29, 0.717) is 15.6 Å². The molecule has 0 aliphatic rings. The van der Waals surface area contributed by atoms with Gasteiger partial charge in [0.25, 0.3) is 10.1 Å². The number of ether oxygens (including phenoxy) is 1. The highest BCUT2D eigenvalue weighted by atomic mass is 35.5. The monoisotopic (exact) mass is 298 g/mol. The van der Waals surface area contributed by atoms with Crippen molar-refractivity contribution in [3.8, 4) is 0 Å². The van der Waals surface area contributed by atoms with Crippen molar-refractivity contribution in [3.63, 3.8) is 0 Å². The third kappa shape index (κ3) is 4.81. The lowest BCUT2D eigenvalue weighted by molar-refractivity contribution is 0.0603. The predicted octanol–water partition coefficient (Wildman–Crippen LogP) is 2.66. The number of rotatable bonds is 5. The highest BCUT2D eigenvalue weighted by molar-refractivity contribution is 7.85. The van der Waals surface area contributed by atoms with Gasteiger partial charge in [-0.15, -0.1) is 0 Å². The van der Waals surface area contributed by atoms with Gasteiger partial charge >= 0.3 is 0 Å². The molecule has 4 nitrogen and oxygen atoms in total. The maximum Gasteiger partial charge on any atom is 0.264 e. The van der Waals surface area contributed by atoms with E-state index in [1.807, 2.05) is 0 Å². The minimum Gasteiger partial charge on any atom is -0.374 e. The van der Waals surface area contributed by atoms with Crippen molar-refractivity contribution in [2.45, 2.75) is 6.10 Å². The summed E-state index contributed by atoms with van der Waals surface area (Å²) in [5.41, 5.74) is 0.627. The number of benzene rings is 1. The molecule has 0 radical (unpaired) electrons. The molecule has 0 aliphatic carbocycles. The van der Waals surface area contributed by atoms with Gasteiger partial charge in [0, 0.05) is 22.7 Å². The molecule has 0 aliphatic heterocycles. The Morgan fingerprint density at radius 1 is 1.35 bits per heavy atom. The SMILES string of the molecule is COC(COS(C)(=O)=O)c1ccc(Cl)cc1Cl. The van der Waals surface area contributed by atoms with Crippen LogP contribution in [0.1, 0.15) is 11.7 Å². The lowest BCUT2D eigenvalue weighted by atomic mass is 10.1. The van der Waals surface area contributed by atoms with Crippen LogP contribution < -0.4 is 0 Å². The first kappa shape index (κ1) is 14.7. The first-order chi connectivity index (χ1) is 7.83. The fraction of sp³-hybridized carbons (Fsp3) is 0.400. The van der Waals surface area contributed by atoms with Crippen LogP contribution in [0.4, 0.5) is 0 Å². The largest absolute Gasteiger partial charge is 0.374 e. The second kappa shape index (κ2) is 6.02. The van der Waals surface area contributed by atoms with Crippen LogP contribution in [0.15, 0.2) is 18.2 Å². The zero-order chi connectivity index (χ0) is 13.1. The number of methoxy groups -OCH3 is 1. The van der Waals surface area contributed by atoms with Gasteiger partial charge in [0.1, 0.15) is 6.10 Å². The summed E-state index contributed by atoms with van der Waals surface area (Å²) >= 11 is 11.7. The Kier molecular flexibility index (Phi) is 5.22. The molecule has 96 valence electrons. The minimum absolute atomic E-state index is 0.128. The molecular formula is C10H12Cl2O4S. The molecule has 1 atom stereocenters. The van der Waals surface area contributed by atoms with Crippen molar-refractivity contribution in [2.24, 2.45) is 0 Å². The number of halogens is 2. The van der Waals surface area contributed by atoms with Gasteiger partial charge < -0.3 is 4.74 Å². The third-order valence-electron chi connectivity index (χ3n) is 2.03. The van der Waals surface area contributed by atoms with E-state index in [4.69, 9.17) is 27.9 Å². The van der Waals surface area contributed by atoms with Crippen molar-refractivity contribution >= 4 is 33.3 Å². The van der Waals surface area contributed by atoms with E-state index >= 15 is 0 Å². The Morgan fingerprint density at radius 3 is 2.47 bits per heavy atom. The molecule has 1 unspecified atom stereocenters. The number of hydrogen-bond acceptors (Lipinski definition) is 4. The van der Waals surface area contributed by atoms with E-state index in [1.54, 1.807) is 18.2 Å². The molecule has 1 aromatic carbocycles. The molecule has 0 saturated carbocycles. The Bertz CT molecular complexity index is 487. The Balaban J connectivity index is 2.86. The molecule has 0 bridgehead atoms. The van der Waals surface area contributed by atoms with E-state index in [2.05, 4.69) is 4.18 Å². The highest BCUT2D eigenvalue weighted by Crippen LogP contribution is 2.28. The average molecular weight is 299 g/mol. The standard InChI is InChI=1S/C10H12Cl2O4S/c1-15-10(6-16-17(2,13)14)8-4-3-7(11)5-9(8)12/h3-5,10H,6H2,1-2H3. The van der Waals surface area contributed by atoms with E-state index in [-0.39, 0.29) is 6.61 Å². The molecule has 0 spiro atoms. The fourth-order valence-electron chi connectivity index (χ4n) is 1.23. The van der Waals surface area contributed by atoms with Crippen LogP contribution in [0.3, 0.4) is 0 Å². The Morgan fingerprint density at radius 2 is 2.00 bits per heavy atom. The summed E-state index contributed by atoms with van der Waals surface area (Å²) in [6.45, 7) is -0.128. The van der Waals surface area contributed by atoms with Crippen molar-refractivity contribution in [1.29, 1.82) is 0 Å². The summed E-state index contributed by atoms with van der Waals surface area (Å²) in [5.74, 6) is 0. The molecule has 1 rings (SSSR count). The van der Waals surface area contributed by atoms with Gasteiger partial charge in [-0.1, -0.05) is 29.3 Å². The summed E-state index contributed by atoms with van der Waals surface area (Å²) in [7, 11) is -2.06. The van der Waals surface area contributed by atoms with Gasteiger partial charge in [0.05, 0.1) is 12.9 Å². The topological polar surface area (TPSA) is 52.6 Å². The van der Waals surface area contributed by atoms with Crippen molar-refractivity contribution in [2.75, 3.05) is 20.0 Å². The highest BCUT2D eigenvalue weighted by Gasteiger charge is 2.17. The van der Waals surface area contributed by atoms with Crippen LogP contribution in [0.5, 0.6) is 0 Å². The van der Waals surface area contributed by atoms with E-state index in [9.17, 15) is 8.42 Å². The molecule has 0 fully saturated rings. The molecule has 0 amide bonds. The third-order valence-corrected chi connectivity index (χ3v) is 3.15. The van der Waals surface area contributed by atoms with Crippen LogP contribution in [0.2, 0.25) is 10.0 Å². The Labute approximate surface area is 111 Å². The Hall–Kier alpha value is -0.330. The molecular weight excluding hydrogens is 287 g/mol. The predicted molar refractivity (Wildman–Crippen MR) is 67.0 cm³/mol. The second-order valence-corrected chi connectivity index (χ2v) is 5.87. The first-order valence-corrected chi connectivity index (χ1v) is 7.23. The lowest BCUT2D eigenvalue weighted by Gasteiger charge is -2.16. The molecule has 0 aromatic heterocycles. The van der Waals surface area contributed by atoms with E-state index in [1.165, 1.54) is 7.11 Å². The van der Waals surface area contributed by atoms with Crippen molar-refractivity contribution in [3.05, 3.63) is 33.8 Å². The van der Waals surface area contributed by atoms with Gasteiger partial charge in [0.15, 0.2) is 0 Å². The summed E-state index contributed by atoms with van der Waals surface area (Å²) in [4.78, 5) is 0. The summed E-state index contributed by atoms with van der Waals surface area (Å²) in [6.07, 6.45) is 0.415. The van der Waals surface area contributed by atoms with Crippen LogP contribution in [0.25, 0.3) is 0 Å². The van der Waals surface area contributed by atoms with Crippen LogP contribution in [0, 0.1) is 0 Å². The van der Waals surface area contributed by atoms with Crippen LogP contribution >= 0.6 is 23.2 Å².